The highest BCUT2D eigenvalue weighted by Gasteiger charge is 2.41. The highest BCUT2D eigenvalue weighted by molar-refractivity contribution is 6.04. The third-order valence-corrected chi connectivity index (χ3v) is 4.70. The molecule has 8 heteroatoms. The Bertz CT molecular complexity index is 743. The molecule has 1 N–H and O–H groups in total. The topological polar surface area (TPSA) is 94.2 Å². The molecule has 1 unspecified atom stereocenters. The third-order valence-electron chi connectivity index (χ3n) is 4.70. The molecular formula is C18H22N2O6. The van der Waals surface area contributed by atoms with E-state index < -0.39 is 11.9 Å². The lowest BCUT2D eigenvalue weighted by molar-refractivity contribution is -0.128. The van der Waals surface area contributed by atoms with E-state index in [4.69, 9.17) is 14.2 Å². The van der Waals surface area contributed by atoms with Crippen molar-refractivity contribution in [1.82, 2.24) is 4.90 Å². The van der Waals surface area contributed by atoms with Crippen molar-refractivity contribution in [3.8, 4) is 11.5 Å². The number of rotatable bonds is 6. The summed E-state index contributed by atoms with van der Waals surface area (Å²) in [6.45, 7) is 0.413. The summed E-state index contributed by atoms with van der Waals surface area (Å²) in [5, 5.41) is 2.74. The van der Waals surface area contributed by atoms with Crippen LogP contribution in [-0.4, -0.2) is 56.6 Å². The van der Waals surface area contributed by atoms with E-state index in [1.165, 1.54) is 33.5 Å². The molecule has 1 aromatic rings. The first-order valence-electron chi connectivity index (χ1n) is 8.43. The Hall–Kier alpha value is -2.77. The first-order chi connectivity index (χ1) is 12.5. The van der Waals surface area contributed by atoms with E-state index in [0.29, 0.717) is 18.0 Å². The quantitative estimate of drug-likeness (QED) is 0.770. The average Bonchev–Trinajstić information content (AvgIpc) is 3.42. The maximum Gasteiger partial charge on any atom is 0.340 e. The van der Waals surface area contributed by atoms with Gasteiger partial charge < -0.3 is 24.4 Å². The monoisotopic (exact) mass is 362 g/mol. The van der Waals surface area contributed by atoms with Crippen molar-refractivity contribution < 1.29 is 28.6 Å². The van der Waals surface area contributed by atoms with E-state index in [1.807, 2.05) is 0 Å². The van der Waals surface area contributed by atoms with Crippen molar-refractivity contribution in [2.75, 3.05) is 33.2 Å². The number of anilines is 1. The molecule has 2 amide bonds. The summed E-state index contributed by atoms with van der Waals surface area (Å²) in [5.41, 5.74) is 0.415. The van der Waals surface area contributed by atoms with E-state index in [1.54, 1.807) is 4.90 Å². The predicted molar refractivity (Wildman–Crippen MR) is 92.4 cm³/mol. The number of carbonyl (C=O) groups excluding carboxylic acids is 3. The molecule has 1 atom stereocenters. The molecule has 1 saturated heterocycles. The van der Waals surface area contributed by atoms with E-state index in [2.05, 4.69) is 5.32 Å². The Balaban J connectivity index is 1.82. The number of nitrogens with one attached hydrogen (secondary N) is 1. The smallest absolute Gasteiger partial charge is 0.340 e. The number of benzene rings is 1. The van der Waals surface area contributed by atoms with E-state index in [9.17, 15) is 14.4 Å². The molecule has 1 aromatic carbocycles. The molecule has 140 valence electrons. The van der Waals surface area contributed by atoms with Crippen molar-refractivity contribution in [2.24, 2.45) is 5.92 Å². The fraction of sp³-hybridized carbons (Fsp3) is 0.500. The Kier molecular flexibility index (Phi) is 5.01. The predicted octanol–water partition coefficient (Wildman–Crippen LogP) is 1.44. The zero-order valence-corrected chi connectivity index (χ0v) is 15.0. The SMILES string of the molecule is COC(=O)c1cc(OC)c(OC)cc1NC(=O)C1CC(=O)N(C2CC2)C1. The zero-order chi connectivity index (χ0) is 18.8. The minimum Gasteiger partial charge on any atom is -0.493 e. The number of nitrogens with zero attached hydrogens (tertiary/aromatic N) is 1. The van der Waals surface area contributed by atoms with Crippen LogP contribution in [-0.2, 0) is 14.3 Å². The lowest BCUT2D eigenvalue weighted by Gasteiger charge is -2.17. The highest BCUT2D eigenvalue weighted by Crippen LogP contribution is 2.35. The molecule has 1 heterocycles. The van der Waals surface area contributed by atoms with Gasteiger partial charge in [-0.05, 0) is 12.8 Å². The maximum absolute atomic E-state index is 12.7. The number of hydrogen-bond donors (Lipinski definition) is 1. The Labute approximate surface area is 151 Å². The van der Waals surface area contributed by atoms with Crippen LogP contribution in [0, 0.1) is 5.92 Å². The largest absolute Gasteiger partial charge is 0.493 e. The summed E-state index contributed by atoms with van der Waals surface area (Å²) in [4.78, 5) is 38.6. The van der Waals surface area contributed by atoms with Crippen LogP contribution in [0.2, 0.25) is 0 Å². The number of amides is 2. The lowest BCUT2D eigenvalue weighted by Crippen LogP contribution is -2.30. The minimum absolute atomic E-state index is 0.00755. The van der Waals surface area contributed by atoms with E-state index in [0.717, 1.165) is 12.8 Å². The summed E-state index contributed by atoms with van der Waals surface area (Å²) in [5.74, 6) is -0.628. The molecular weight excluding hydrogens is 340 g/mol. The number of likely N-dealkylation sites (tertiary alicyclic amines) is 1. The van der Waals surface area contributed by atoms with E-state index in [-0.39, 0.29) is 35.5 Å². The van der Waals surface area contributed by atoms with Crippen molar-refractivity contribution >= 4 is 23.5 Å². The highest BCUT2D eigenvalue weighted by atomic mass is 16.5. The lowest BCUT2D eigenvalue weighted by atomic mass is 10.1. The third kappa shape index (κ3) is 3.44. The molecule has 26 heavy (non-hydrogen) atoms. The van der Waals surface area contributed by atoms with Crippen molar-refractivity contribution in [2.45, 2.75) is 25.3 Å². The average molecular weight is 362 g/mol. The molecule has 8 nitrogen and oxygen atoms in total. The van der Waals surface area contributed by atoms with Gasteiger partial charge >= 0.3 is 5.97 Å². The van der Waals surface area contributed by atoms with E-state index >= 15 is 0 Å². The fourth-order valence-electron chi connectivity index (χ4n) is 3.14. The van der Waals surface area contributed by atoms with Crippen LogP contribution in [0.5, 0.6) is 11.5 Å². The molecule has 2 aliphatic rings. The fourth-order valence-corrected chi connectivity index (χ4v) is 3.14. The number of carbonyl (C=O) groups is 3. The van der Waals surface area contributed by atoms with Crippen LogP contribution in [0.25, 0.3) is 0 Å². The second kappa shape index (κ2) is 7.23. The van der Waals surface area contributed by atoms with Gasteiger partial charge in [0.25, 0.3) is 0 Å². The molecule has 3 rings (SSSR count). The number of ether oxygens (including phenoxy) is 3. The molecule has 0 spiro atoms. The normalized spacial score (nSPS) is 19.3. The van der Waals surface area contributed by atoms with Gasteiger partial charge in [0.05, 0.1) is 38.5 Å². The Morgan fingerprint density at radius 3 is 2.35 bits per heavy atom. The van der Waals surface area contributed by atoms with Crippen LogP contribution in [0.4, 0.5) is 5.69 Å². The Morgan fingerprint density at radius 2 is 1.77 bits per heavy atom. The van der Waals surface area contributed by atoms with Crippen LogP contribution in [0.1, 0.15) is 29.6 Å². The van der Waals surface area contributed by atoms with Gasteiger partial charge in [-0.25, -0.2) is 4.79 Å². The summed E-state index contributed by atoms with van der Waals surface area (Å²) < 4.78 is 15.2. The van der Waals surface area contributed by atoms with Gasteiger partial charge in [-0.1, -0.05) is 0 Å². The molecule has 0 radical (unpaired) electrons. The molecule has 0 bridgehead atoms. The summed E-state index contributed by atoms with van der Waals surface area (Å²) in [7, 11) is 4.17. The number of hydrogen-bond acceptors (Lipinski definition) is 6. The van der Waals surface area contributed by atoms with Crippen molar-refractivity contribution in [3.63, 3.8) is 0 Å². The van der Waals surface area contributed by atoms with Gasteiger partial charge in [0, 0.05) is 31.1 Å². The van der Waals surface area contributed by atoms with Gasteiger partial charge in [0.2, 0.25) is 11.8 Å². The molecule has 0 aromatic heterocycles. The van der Waals surface area contributed by atoms with Crippen LogP contribution >= 0.6 is 0 Å². The minimum atomic E-state index is -0.608. The summed E-state index contributed by atoms with van der Waals surface area (Å²) in [6.07, 6.45) is 2.19. The van der Waals surface area contributed by atoms with Crippen molar-refractivity contribution in [3.05, 3.63) is 17.7 Å². The van der Waals surface area contributed by atoms with Crippen LogP contribution < -0.4 is 14.8 Å². The van der Waals surface area contributed by atoms with Crippen LogP contribution in [0.3, 0.4) is 0 Å². The zero-order valence-electron chi connectivity index (χ0n) is 15.0. The number of methoxy groups -OCH3 is 3. The van der Waals surface area contributed by atoms with Crippen molar-refractivity contribution in [1.29, 1.82) is 0 Å². The first kappa shape index (κ1) is 18.0. The standard InChI is InChI=1S/C18H22N2O6/c1-24-14-7-12(18(23)26-3)13(8-15(14)25-2)19-17(22)10-6-16(21)20(9-10)11-4-5-11/h7-8,10-11H,4-6,9H2,1-3H3,(H,19,22). The Morgan fingerprint density at radius 1 is 1.12 bits per heavy atom. The second-order valence-corrected chi connectivity index (χ2v) is 6.41. The molecule has 2 fully saturated rings. The van der Waals surface area contributed by atoms with Crippen LogP contribution in [0.15, 0.2) is 12.1 Å². The second-order valence-electron chi connectivity index (χ2n) is 6.41. The van der Waals surface area contributed by atoms with Gasteiger partial charge in [0.15, 0.2) is 11.5 Å². The maximum atomic E-state index is 12.7. The first-order valence-corrected chi connectivity index (χ1v) is 8.43. The molecule has 1 aliphatic heterocycles. The molecule has 1 aliphatic carbocycles. The van der Waals surface area contributed by atoms with Gasteiger partial charge in [-0.15, -0.1) is 0 Å². The van der Waals surface area contributed by atoms with Gasteiger partial charge in [0.1, 0.15) is 0 Å². The van der Waals surface area contributed by atoms with Gasteiger partial charge in [-0.3, -0.25) is 9.59 Å². The number of esters is 1. The molecule has 1 saturated carbocycles. The van der Waals surface area contributed by atoms with Gasteiger partial charge in [-0.2, -0.15) is 0 Å². The summed E-state index contributed by atoms with van der Waals surface area (Å²) >= 11 is 0. The summed E-state index contributed by atoms with van der Waals surface area (Å²) in [6, 6.07) is 3.25.